The fourth-order valence-corrected chi connectivity index (χ4v) is 1.58. The van der Waals surface area contributed by atoms with E-state index in [9.17, 15) is 13.2 Å². The van der Waals surface area contributed by atoms with Crippen molar-refractivity contribution < 1.29 is 21.6 Å². The number of hydrogen-bond donors (Lipinski definition) is 1. The molecule has 0 amide bonds. The second-order valence-electron chi connectivity index (χ2n) is 2.95. The first-order valence-corrected chi connectivity index (χ1v) is 5.51. The first-order valence-electron chi connectivity index (χ1n) is 4.14. The maximum absolute atomic E-state index is 11.3. The highest BCUT2D eigenvalue weighted by atomic mass is 32.3. The Morgan fingerprint density at radius 2 is 2.00 bits per heavy atom. The third-order valence-electron chi connectivity index (χ3n) is 1.83. The zero-order valence-electron chi connectivity index (χ0n) is 7.78. The van der Waals surface area contributed by atoms with Crippen molar-refractivity contribution in [1.29, 1.82) is 0 Å². The fourth-order valence-electron chi connectivity index (χ4n) is 1.24. The second-order valence-corrected chi connectivity index (χ2v) is 3.98. The molecule has 2 aromatic rings. The zero-order valence-corrected chi connectivity index (χ0v) is 8.60. The van der Waals surface area contributed by atoms with Gasteiger partial charge in [-0.05, 0) is 12.1 Å². The van der Waals surface area contributed by atoms with Crippen molar-refractivity contribution in [2.45, 2.75) is 0 Å². The molecule has 2 rings (SSSR count). The van der Waals surface area contributed by atoms with E-state index in [2.05, 4.69) is 4.18 Å². The van der Waals surface area contributed by atoms with Crippen molar-refractivity contribution in [3.63, 3.8) is 0 Å². The van der Waals surface area contributed by atoms with Gasteiger partial charge >= 0.3 is 10.4 Å². The quantitative estimate of drug-likeness (QED) is 0.789. The summed E-state index contributed by atoms with van der Waals surface area (Å²) in [6.07, 6.45) is 1.18. The van der Waals surface area contributed by atoms with Crippen LogP contribution >= 0.6 is 0 Å². The molecule has 0 unspecified atom stereocenters. The number of hydrogen-bond acceptors (Lipinski definition) is 5. The van der Waals surface area contributed by atoms with E-state index in [4.69, 9.17) is 8.97 Å². The van der Waals surface area contributed by atoms with Gasteiger partial charge in [0.15, 0.2) is 5.43 Å². The summed E-state index contributed by atoms with van der Waals surface area (Å²) in [5.74, 6) is -0.135. The zero-order chi connectivity index (χ0) is 11.8. The highest BCUT2D eigenvalue weighted by molar-refractivity contribution is 7.81. The Morgan fingerprint density at radius 3 is 2.69 bits per heavy atom. The van der Waals surface area contributed by atoms with Crippen LogP contribution in [0.3, 0.4) is 0 Å². The van der Waals surface area contributed by atoms with E-state index >= 15 is 0 Å². The van der Waals surface area contributed by atoms with E-state index in [1.807, 2.05) is 0 Å². The van der Waals surface area contributed by atoms with Crippen LogP contribution < -0.4 is 9.61 Å². The maximum atomic E-state index is 11.3. The van der Waals surface area contributed by atoms with E-state index in [1.54, 1.807) is 0 Å². The van der Waals surface area contributed by atoms with E-state index in [1.165, 1.54) is 30.5 Å². The van der Waals surface area contributed by atoms with E-state index in [0.717, 1.165) is 0 Å². The standard InChI is InChI=1S/C9H6O6S/c10-8-3-4-14-9-5-6(1-2-7(8)9)15-16(11,12)13/h1-5H,(H,11,12,13). The van der Waals surface area contributed by atoms with Gasteiger partial charge in [-0.25, -0.2) is 0 Å². The van der Waals surface area contributed by atoms with Crippen LogP contribution in [-0.4, -0.2) is 13.0 Å². The number of benzene rings is 1. The van der Waals surface area contributed by atoms with Crippen LogP contribution in [-0.2, 0) is 10.4 Å². The molecule has 1 N–H and O–H groups in total. The summed E-state index contributed by atoms with van der Waals surface area (Å²) in [7, 11) is -4.58. The monoisotopic (exact) mass is 242 g/mol. The van der Waals surface area contributed by atoms with Gasteiger partial charge < -0.3 is 8.60 Å². The molecular formula is C9H6O6S. The van der Waals surface area contributed by atoms with Crippen molar-refractivity contribution in [3.05, 3.63) is 40.8 Å². The lowest BCUT2D eigenvalue weighted by molar-refractivity contribution is 0.387. The van der Waals surface area contributed by atoms with Gasteiger partial charge in [0.1, 0.15) is 11.3 Å². The van der Waals surface area contributed by atoms with Gasteiger partial charge in [0, 0.05) is 12.1 Å². The Bertz CT molecular complexity index is 684. The lowest BCUT2D eigenvalue weighted by Crippen LogP contribution is -2.07. The Kier molecular flexibility index (Phi) is 2.41. The number of fused-ring (bicyclic) bond motifs is 1. The minimum Gasteiger partial charge on any atom is -0.464 e. The Morgan fingerprint density at radius 1 is 1.25 bits per heavy atom. The third kappa shape index (κ3) is 2.20. The van der Waals surface area contributed by atoms with Crippen molar-refractivity contribution in [3.8, 4) is 5.75 Å². The van der Waals surface area contributed by atoms with Crippen LogP contribution in [0.15, 0.2) is 39.7 Å². The molecule has 0 aliphatic rings. The van der Waals surface area contributed by atoms with E-state index in [-0.39, 0.29) is 16.8 Å². The summed E-state index contributed by atoms with van der Waals surface area (Å²) in [6, 6.07) is 5.03. The highest BCUT2D eigenvalue weighted by Gasteiger charge is 2.08. The summed E-state index contributed by atoms with van der Waals surface area (Å²) in [5.41, 5.74) is -0.0756. The molecule has 0 radical (unpaired) electrons. The minimum atomic E-state index is -4.58. The van der Waals surface area contributed by atoms with Crippen LogP contribution in [0.5, 0.6) is 5.75 Å². The van der Waals surface area contributed by atoms with Crippen molar-refractivity contribution in [2.75, 3.05) is 0 Å². The Labute approximate surface area is 90.0 Å². The molecule has 1 heterocycles. The van der Waals surface area contributed by atoms with Crippen molar-refractivity contribution in [1.82, 2.24) is 0 Å². The van der Waals surface area contributed by atoms with Crippen LogP contribution in [0.4, 0.5) is 0 Å². The molecule has 0 aliphatic heterocycles. The smallest absolute Gasteiger partial charge is 0.446 e. The van der Waals surface area contributed by atoms with E-state index in [0.29, 0.717) is 5.39 Å². The minimum absolute atomic E-state index is 0.135. The molecule has 0 saturated carbocycles. The average molecular weight is 242 g/mol. The maximum Gasteiger partial charge on any atom is 0.446 e. The predicted molar refractivity (Wildman–Crippen MR) is 54.7 cm³/mol. The molecule has 0 spiro atoms. The Balaban J connectivity index is 2.57. The molecular weight excluding hydrogens is 236 g/mol. The van der Waals surface area contributed by atoms with Crippen molar-refractivity contribution in [2.24, 2.45) is 0 Å². The van der Waals surface area contributed by atoms with Crippen molar-refractivity contribution >= 4 is 21.4 Å². The van der Waals surface area contributed by atoms with Crippen LogP contribution in [0.1, 0.15) is 0 Å². The fraction of sp³-hybridized carbons (Fsp3) is 0. The van der Waals surface area contributed by atoms with Gasteiger partial charge in [0.05, 0.1) is 11.6 Å². The molecule has 1 aromatic heterocycles. The molecule has 0 atom stereocenters. The first kappa shape index (κ1) is 10.7. The van der Waals surface area contributed by atoms with Gasteiger partial charge in [-0.1, -0.05) is 0 Å². The highest BCUT2D eigenvalue weighted by Crippen LogP contribution is 2.19. The van der Waals surface area contributed by atoms with Gasteiger partial charge in [-0.3, -0.25) is 9.35 Å². The number of rotatable bonds is 2. The largest absolute Gasteiger partial charge is 0.464 e. The Hall–Kier alpha value is -1.86. The normalized spacial score (nSPS) is 11.6. The molecule has 0 bridgehead atoms. The summed E-state index contributed by atoms with van der Waals surface area (Å²) in [4.78, 5) is 11.3. The predicted octanol–water partition coefficient (Wildman–Crippen LogP) is 0.975. The molecule has 1 aromatic carbocycles. The molecule has 16 heavy (non-hydrogen) atoms. The van der Waals surface area contributed by atoms with Crippen LogP contribution in [0, 0.1) is 0 Å². The van der Waals surface area contributed by atoms with Crippen LogP contribution in [0.2, 0.25) is 0 Å². The second kappa shape index (κ2) is 3.62. The average Bonchev–Trinajstić information content (AvgIpc) is 2.15. The SMILES string of the molecule is O=c1ccoc2cc(OS(=O)(=O)O)ccc12. The van der Waals surface area contributed by atoms with Gasteiger partial charge in [-0.15, -0.1) is 0 Å². The van der Waals surface area contributed by atoms with E-state index < -0.39 is 10.4 Å². The molecule has 0 fully saturated rings. The lowest BCUT2D eigenvalue weighted by Gasteiger charge is -2.01. The summed E-state index contributed by atoms with van der Waals surface area (Å²) < 4.78 is 38.6. The first-order chi connectivity index (χ1) is 7.46. The molecule has 0 aliphatic carbocycles. The van der Waals surface area contributed by atoms with Gasteiger partial charge in [0.25, 0.3) is 0 Å². The van der Waals surface area contributed by atoms with Gasteiger partial charge in [0.2, 0.25) is 0 Å². The molecule has 7 heteroatoms. The summed E-state index contributed by atoms with van der Waals surface area (Å²) in [6.45, 7) is 0. The van der Waals surface area contributed by atoms with Gasteiger partial charge in [-0.2, -0.15) is 8.42 Å². The topological polar surface area (TPSA) is 93.8 Å². The molecule has 84 valence electrons. The lowest BCUT2D eigenvalue weighted by atomic mass is 10.2. The summed E-state index contributed by atoms with van der Waals surface area (Å²) >= 11 is 0. The molecule has 6 nitrogen and oxygen atoms in total. The summed E-state index contributed by atoms with van der Waals surface area (Å²) in [5, 5.41) is 0.296. The van der Waals surface area contributed by atoms with Crippen LogP contribution in [0.25, 0.3) is 11.0 Å². The third-order valence-corrected chi connectivity index (χ3v) is 2.24. The molecule has 0 saturated heterocycles.